The van der Waals surface area contributed by atoms with Gasteiger partial charge in [0.2, 0.25) is 5.88 Å². The fourth-order valence-electron chi connectivity index (χ4n) is 3.10. The lowest BCUT2D eigenvalue weighted by Crippen LogP contribution is -2.42. The highest BCUT2D eigenvalue weighted by Gasteiger charge is 2.27. The molecule has 0 spiro atoms. The van der Waals surface area contributed by atoms with Crippen molar-refractivity contribution in [2.24, 2.45) is 0 Å². The zero-order valence-electron chi connectivity index (χ0n) is 15.3. The monoisotopic (exact) mass is 377 g/mol. The first-order valence-electron chi connectivity index (χ1n) is 8.90. The number of rotatable bonds is 3. The number of nitrogens with zero attached hydrogens (tertiary/aromatic N) is 3. The number of carbonyl (C=O) groups is 3. The molecular weight excluding hydrogens is 354 g/mol. The third-order valence-corrected chi connectivity index (χ3v) is 4.49. The van der Waals surface area contributed by atoms with Crippen LogP contribution in [0, 0.1) is 0 Å². The minimum absolute atomic E-state index is 0.00132. The molecule has 148 valence electrons. The molecule has 3 heterocycles. The number of carbonyl (C=O) groups excluding carboxylic acids is 3. The number of piperidine rings is 1. The van der Waals surface area contributed by atoms with Crippen molar-refractivity contribution in [3.8, 4) is 5.88 Å². The summed E-state index contributed by atoms with van der Waals surface area (Å²) in [5.41, 5.74) is 0.570. The molecule has 1 fully saturated rings. The van der Waals surface area contributed by atoms with Gasteiger partial charge < -0.3 is 34.3 Å². The molecule has 1 atom stereocenters. The maximum absolute atomic E-state index is 12.3. The number of likely N-dealkylation sites (tertiary alicyclic amines) is 1. The van der Waals surface area contributed by atoms with E-state index in [1.807, 2.05) is 7.05 Å². The number of pyridine rings is 1. The van der Waals surface area contributed by atoms with Crippen LogP contribution in [0.3, 0.4) is 0 Å². The molecule has 2 aliphatic rings. The Morgan fingerprint density at radius 3 is 2.52 bits per heavy atom. The van der Waals surface area contributed by atoms with Crippen LogP contribution in [0.1, 0.15) is 36.0 Å². The number of fused-ring (bicyclic) bond motifs is 1. The standard InChI is InChI=1S/C16H23N3O2.C2H2O4/c1-18-12-13(7-11-19-9-3-2-4-10-19)21-15-14(16(18)20)6-5-8-17-15;3-1(4)2(5)6/h5-6,8,13H,2-4,7,9-12H2,1H3;(H,3,4)(H,5,6)/p-2. The number of amides is 1. The smallest absolute Gasteiger partial charge is 0.259 e. The molecule has 1 amide bonds. The van der Waals surface area contributed by atoms with Gasteiger partial charge in [-0.05, 0) is 44.5 Å². The molecule has 1 unspecified atom stereocenters. The lowest BCUT2D eigenvalue weighted by molar-refractivity contribution is -0.345. The lowest BCUT2D eigenvalue weighted by atomic mass is 10.1. The van der Waals surface area contributed by atoms with Crippen LogP contribution in [0.5, 0.6) is 5.88 Å². The number of aliphatic carboxylic acids is 2. The summed E-state index contributed by atoms with van der Waals surface area (Å²) in [6.45, 7) is 4.05. The number of hydrogen-bond acceptors (Lipinski definition) is 8. The summed E-state index contributed by atoms with van der Waals surface area (Å²) in [4.78, 5) is 38.6. The van der Waals surface area contributed by atoms with Crippen LogP contribution in [0.15, 0.2) is 18.3 Å². The number of hydrogen-bond donors (Lipinski definition) is 0. The summed E-state index contributed by atoms with van der Waals surface area (Å²) >= 11 is 0. The van der Waals surface area contributed by atoms with Gasteiger partial charge in [-0.1, -0.05) is 6.42 Å². The van der Waals surface area contributed by atoms with Crippen LogP contribution in [0.2, 0.25) is 0 Å². The molecule has 9 heteroatoms. The summed E-state index contributed by atoms with van der Waals surface area (Å²) in [5, 5.41) is 17.9. The first-order valence-corrected chi connectivity index (χ1v) is 8.90. The largest absolute Gasteiger partial charge is 0.543 e. The maximum atomic E-state index is 12.3. The van der Waals surface area contributed by atoms with Crippen LogP contribution < -0.4 is 14.9 Å². The Morgan fingerprint density at radius 2 is 1.89 bits per heavy atom. The third-order valence-electron chi connectivity index (χ3n) is 4.49. The third kappa shape index (κ3) is 6.21. The Balaban J connectivity index is 0.000000380. The van der Waals surface area contributed by atoms with Crippen LogP contribution in [-0.2, 0) is 9.59 Å². The van der Waals surface area contributed by atoms with Crippen molar-refractivity contribution >= 4 is 17.8 Å². The highest BCUT2D eigenvalue weighted by Crippen LogP contribution is 2.23. The summed E-state index contributed by atoms with van der Waals surface area (Å²) < 4.78 is 5.99. The molecule has 0 saturated carbocycles. The molecule has 0 aromatic carbocycles. The van der Waals surface area contributed by atoms with E-state index in [2.05, 4.69) is 9.88 Å². The van der Waals surface area contributed by atoms with E-state index in [0.29, 0.717) is 18.0 Å². The van der Waals surface area contributed by atoms with Crippen molar-refractivity contribution in [2.75, 3.05) is 33.2 Å². The van der Waals surface area contributed by atoms with E-state index in [4.69, 9.17) is 24.5 Å². The van der Waals surface area contributed by atoms with Gasteiger partial charge in [0.05, 0.1) is 18.5 Å². The van der Waals surface area contributed by atoms with Gasteiger partial charge in [-0.2, -0.15) is 0 Å². The van der Waals surface area contributed by atoms with Gasteiger partial charge in [-0.3, -0.25) is 4.79 Å². The Kier molecular flexibility index (Phi) is 7.54. The second-order valence-corrected chi connectivity index (χ2v) is 6.55. The maximum Gasteiger partial charge on any atom is 0.259 e. The summed E-state index contributed by atoms with van der Waals surface area (Å²) in [6.07, 6.45) is 6.59. The molecule has 27 heavy (non-hydrogen) atoms. The van der Waals surface area contributed by atoms with Crippen LogP contribution in [0.25, 0.3) is 0 Å². The molecule has 1 aromatic heterocycles. The highest BCUT2D eigenvalue weighted by molar-refractivity contribution is 6.25. The van der Waals surface area contributed by atoms with Crippen LogP contribution in [-0.4, -0.2) is 72.0 Å². The predicted octanol–water partition coefficient (Wildman–Crippen LogP) is -1.72. The molecule has 1 aromatic rings. The van der Waals surface area contributed by atoms with Gasteiger partial charge in [-0.25, -0.2) is 4.98 Å². The first-order chi connectivity index (χ1) is 12.9. The van der Waals surface area contributed by atoms with Gasteiger partial charge >= 0.3 is 0 Å². The topological polar surface area (TPSA) is 126 Å². The normalized spacial score (nSPS) is 19.8. The van der Waals surface area contributed by atoms with Gasteiger partial charge in [0, 0.05) is 19.8 Å². The fourth-order valence-corrected chi connectivity index (χ4v) is 3.10. The van der Waals surface area contributed by atoms with Crippen molar-refractivity contribution in [3.05, 3.63) is 23.9 Å². The lowest BCUT2D eigenvalue weighted by Gasteiger charge is -2.28. The molecule has 2 aliphatic heterocycles. The number of likely N-dealkylation sites (N-methyl/N-ethyl adjacent to an activating group) is 1. The minimum atomic E-state index is -2.19. The molecule has 0 radical (unpaired) electrons. The van der Waals surface area contributed by atoms with E-state index in [-0.39, 0.29) is 12.0 Å². The Labute approximate surface area is 157 Å². The van der Waals surface area contributed by atoms with Crippen LogP contribution in [0.4, 0.5) is 0 Å². The van der Waals surface area contributed by atoms with E-state index in [9.17, 15) is 4.79 Å². The number of carboxylic acids is 2. The van der Waals surface area contributed by atoms with Crippen molar-refractivity contribution in [1.82, 2.24) is 14.8 Å². The van der Waals surface area contributed by atoms with Gasteiger partial charge in [0.25, 0.3) is 5.91 Å². The van der Waals surface area contributed by atoms with E-state index >= 15 is 0 Å². The first kappa shape index (κ1) is 20.6. The second-order valence-electron chi connectivity index (χ2n) is 6.55. The number of aromatic nitrogens is 1. The molecule has 3 rings (SSSR count). The molecule has 0 bridgehead atoms. The minimum Gasteiger partial charge on any atom is -0.543 e. The van der Waals surface area contributed by atoms with E-state index in [1.165, 1.54) is 32.4 Å². The summed E-state index contributed by atoms with van der Waals surface area (Å²) in [7, 11) is 1.84. The van der Waals surface area contributed by atoms with E-state index < -0.39 is 11.9 Å². The fraction of sp³-hybridized carbons (Fsp3) is 0.556. The Morgan fingerprint density at radius 1 is 1.22 bits per heavy atom. The quantitative estimate of drug-likeness (QED) is 0.569. The zero-order valence-corrected chi connectivity index (χ0v) is 15.3. The van der Waals surface area contributed by atoms with E-state index in [0.717, 1.165) is 13.0 Å². The molecule has 9 nitrogen and oxygen atoms in total. The number of ether oxygens (including phenoxy) is 1. The second kappa shape index (κ2) is 9.86. The van der Waals surface area contributed by atoms with Gasteiger partial charge in [0.1, 0.15) is 11.7 Å². The molecule has 0 N–H and O–H groups in total. The van der Waals surface area contributed by atoms with Crippen molar-refractivity contribution in [1.29, 1.82) is 0 Å². The average Bonchev–Trinajstić information content (AvgIpc) is 2.78. The van der Waals surface area contributed by atoms with Crippen molar-refractivity contribution in [2.45, 2.75) is 31.8 Å². The average molecular weight is 377 g/mol. The molecular formula is C18H23N3O6-2. The Bertz CT molecular complexity index is 663. The highest BCUT2D eigenvalue weighted by atomic mass is 16.5. The molecule has 0 aliphatic carbocycles. The summed E-state index contributed by atoms with van der Waals surface area (Å²) in [5.74, 6) is -3.89. The van der Waals surface area contributed by atoms with Gasteiger partial charge in [0.15, 0.2) is 0 Å². The predicted molar refractivity (Wildman–Crippen MR) is 90.5 cm³/mol. The van der Waals surface area contributed by atoms with Crippen LogP contribution >= 0.6 is 0 Å². The Hall–Kier alpha value is -2.68. The zero-order chi connectivity index (χ0) is 19.8. The van der Waals surface area contributed by atoms with Gasteiger partial charge in [-0.15, -0.1) is 0 Å². The summed E-state index contributed by atoms with van der Waals surface area (Å²) in [6, 6.07) is 3.57. The molecule has 1 saturated heterocycles. The van der Waals surface area contributed by atoms with E-state index in [1.54, 1.807) is 23.2 Å². The SMILES string of the molecule is CN1CC(CCN2CCCCC2)Oc2ncccc2C1=O.O=C([O-])C(=O)[O-]. The number of carboxylic acid groups (broad SMARTS) is 2. The van der Waals surface area contributed by atoms with Crippen molar-refractivity contribution < 1.29 is 29.3 Å². The van der Waals surface area contributed by atoms with Crippen molar-refractivity contribution in [3.63, 3.8) is 0 Å².